The molecular weight excluding hydrogens is 175 g/mol. The van der Waals surface area contributed by atoms with Crippen LogP contribution in [0.25, 0.3) is 0 Å². The van der Waals surface area contributed by atoms with Crippen LogP contribution in [-0.4, -0.2) is 21.0 Å². The molecule has 0 fully saturated rings. The molecule has 0 saturated heterocycles. The average molecular weight is 177 g/mol. The molecule has 1 heterocycles. The third kappa shape index (κ3) is 1.62. The van der Waals surface area contributed by atoms with Gasteiger partial charge in [-0.1, -0.05) is 0 Å². The molecule has 0 aliphatic heterocycles. The summed E-state index contributed by atoms with van der Waals surface area (Å²) >= 11 is 5.21. The molecule has 0 aromatic carbocycles. The molecule has 0 aliphatic rings. The smallest absolute Gasteiger partial charge is 0.357 e. The van der Waals surface area contributed by atoms with Gasteiger partial charge in [0, 0.05) is 0 Å². The Bertz CT molecular complexity index is 305. The molecule has 1 aromatic rings. The quantitative estimate of drug-likeness (QED) is 0.648. The second-order valence-corrected chi connectivity index (χ2v) is 1.98. The van der Waals surface area contributed by atoms with E-state index in [1.54, 1.807) is 0 Å². The van der Waals surface area contributed by atoms with Crippen molar-refractivity contribution in [2.75, 3.05) is 0 Å². The van der Waals surface area contributed by atoms with Gasteiger partial charge in [0.2, 0.25) is 5.28 Å². The molecular formula is C5H2ClFN2O2. The van der Waals surface area contributed by atoms with E-state index >= 15 is 0 Å². The predicted molar refractivity (Wildman–Crippen MR) is 34.0 cm³/mol. The Kier molecular flexibility index (Phi) is 2.00. The molecule has 1 rings (SSSR count). The van der Waals surface area contributed by atoms with Crippen molar-refractivity contribution in [2.24, 2.45) is 0 Å². The summed E-state index contributed by atoms with van der Waals surface area (Å²) in [4.78, 5) is 16.6. The van der Waals surface area contributed by atoms with Crippen LogP contribution in [0.2, 0.25) is 5.28 Å². The van der Waals surface area contributed by atoms with Gasteiger partial charge < -0.3 is 5.11 Å². The molecule has 58 valence electrons. The van der Waals surface area contributed by atoms with E-state index in [0.29, 0.717) is 6.20 Å². The van der Waals surface area contributed by atoms with Gasteiger partial charge in [0.15, 0.2) is 11.5 Å². The van der Waals surface area contributed by atoms with E-state index in [9.17, 15) is 9.18 Å². The van der Waals surface area contributed by atoms with Gasteiger partial charge in [-0.15, -0.1) is 0 Å². The maximum absolute atomic E-state index is 12.5. The Hall–Kier alpha value is -1.23. The van der Waals surface area contributed by atoms with Gasteiger partial charge in [-0.05, 0) is 11.6 Å². The molecule has 1 N–H and O–H groups in total. The predicted octanol–water partition coefficient (Wildman–Crippen LogP) is 0.967. The van der Waals surface area contributed by atoms with Gasteiger partial charge in [-0.2, -0.15) is 0 Å². The number of carbonyl (C=O) groups is 1. The third-order valence-corrected chi connectivity index (χ3v) is 1.10. The van der Waals surface area contributed by atoms with E-state index in [1.165, 1.54) is 0 Å². The van der Waals surface area contributed by atoms with Crippen LogP contribution < -0.4 is 0 Å². The summed E-state index contributed by atoms with van der Waals surface area (Å²) < 4.78 is 12.5. The summed E-state index contributed by atoms with van der Waals surface area (Å²) in [7, 11) is 0. The molecule has 0 unspecified atom stereocenters. The highest BCUT2D eigenvalue weighted by Gasteiger charge is 2.12. The van der Waals surface area contributed by atoms with E-state index in [-0.39, 0.29) is 5.28 Å². The first-order valence-electron chi connectivity index (χ1n) is 2.52. The van der Waals surface area contributed by atoms with Crippen molar-refractivity contribution in [3.05, 3.63) is 23.0 Å². The number of aromatic carboxylic acids is 1. The van der Waals surface area contributed by atoms with Crippen molar-refractivity contribution < 1.29 is 14.3 Å². The SMILES string of the molecule is O=C(O)c1nc(Cl)ncc1F. The van der Waals surface area contributed by atoms with Crippen LogP contribution in [-0.2, 0) is 0 Å². The van der Waals surface area contributed by atoms with Crippen molar-refractivity contribution in [3.63, 3.8) is 0 Å². The Morgan fingerprint density at radius 1 is 1.73 bits per heavy atom. The third-order valence-electron chi connectivity index (χ3n) is 0.917. The maximum Gasteiger partial charge on any atom is 0.357 e. The Morgan fingerprint density at radius 2 is 2.36 bits per heavy atom. The lowest BCUT2D eigenvalue weighted by Crippen LogP contribution is -2.04. The van der Waals surface area contributed by atoms with Crippen LogP contribution >= 0.6 is 11.6 Å². The van der Waals surface area contributed by atoms with Crippen LogP contribution in [0.4, 0.5) is 4.39 Å². The number of hydrogen-bond donors (Lipinski definition) is 1. The zero-order valence-electron chi connectivity index (χ0n) is 5.08. The Morgan fingerprint density at radius 3 is 2.82 bits per heavy atom. The monoisotopic (exact) mass is 176 g/mol. The number of aromatic nitrogens is 2. The van der Waals surface area contributed by atoms with Gasteiger partial charge in [-0.3, -0.25) is 0 Å². The van der Waals surface area contributed by atoms with Crippen LogP contribution in [0.1, 0.15) is 10.5 Å². The van der Waals surface area contributed by atoms with Gasteiger partial charge >= 0.3 is 5.97 Å². The van der Waals surface area contributed by atoms with E-state index in [4.69, 9.17) is 16.7 Å². The highest BCUT2D eigenvalue weighted by molar-refractivity contribution is 6.28. The molecule has 0 radical (unpaired) electrons. The zero-order chi connectivity index (χ0) is 8.43. The van der Waals surface area contributed by atoms with E-state index in [1.807, 2.05) is 0 Å². The molecule has 0 spiro atoms. The second kappa shape index (κ2) is 2.79. The van der Waals surface area contributed by atoms with Crippen molar-refractivity contribution in [1.29, 1.82) is 0 Å². The number of halogens is 2. The normalized spacial score (nSPS) is 9.64. The molecule has 6 heteroatoms. The molecule has 0 saturated carbocycles. The van der Waals surface area contributed by atoms with Crippen molar-refractivity contribution in [1.82, 2.24) is 9.97 Å². The van der Waals surface area contributed by atoms with E-state index < -0.39 is 17.5 Å². The second-order valence-electron chi connectivity index (χ2n) is 1.64. The van der Waals surface area contributed by atoms with Gasteiger partial charge in [0.1, 0.15) is 0 Å². The molecule has 0 aliphatic carbocycles. The lowest BCUT2D eigenvalue weighted by Gasteiger charge is -1.94. The highest BCUT2D eigenvalue weighted by atomic mass is 35.5. The minimum atomic E-state index is -1.47. The average Bonchev–Trinajstić information content (AvgIpc) is 1.94. The highest BCUT2D eigenvalue weighted by Crippen LogP contribution is 2.05. The standard InChI is InChI=1S/C5H2ClFN2O2/c6-5-8-1-2(7)3(9-5)4(10)11/h1H,(H,10,11). The molecule has 1 aromatic heterocycles. The van der Waals surface area contributed by atoms with Crippen LogP contribution in [0, 0.1) is 5.82 Å². The first-order chi connectivity index (χ1) is 5.11. The van der Waals surface area contributed by atoms with Crippen molar-refractivity contribution in [3.8, 4) is 0 Å². The molecule has 0 amide bonds. The number of carboxylic acids is 1. The van der Waals surface area contributed by atoms with E-state index in [0.717, 1.165) is 0 Å². The first-order valence-corrected chi connectivity index (χ1v) is 2.90. The van der Waals surface area contributed by atoms with Crippen LogP contribution in [0.15, 0.2) is 6.20 Å². The summed E-state index contributed by atoms with van der Waals surface area (Å²) in [6, 6.07) is 0. The summed E-state index contributed by atoms with van der Waals surface area (Å²) in [6.07, 6.45) is 0.707. The van der Waals surface area contributed by atoms with Gasteiger partial charge in [0.05, 0.1) is 6.20 Å². The fourth-order valence-electron chi connectivity index (χ4n) is 0.496. The minimum absolute atomic E-state index is 0.288. The Balaban J connectivity index is 3.23. The first kappa shape index (κ1) is 7.87. The molecule has 0 bridgehead atoms. The minimum Gasteiger partial charge on any atom is -0.476 e. The number of hydrogen-bond acceptors (Lipinski definition) is 3. The van der Waals surface area contributed by atoms with Crippen molar-refractivity contribution in [2.45, 2.75) is 0 Å². The fourth-order valence-corrected chi connectivity index (χ4v) is 0.629. The van der Waals surface area contributed by atoms with E-state index in [2.05, 4.69) is 9.97 Å². The summed E-state index contributed by atoms with van der Waals surface area (Å²) in [5.41, 5.74) is -0.718. The number of carboxylic acid groups (broad SMARTS) is 1. The molecule has 11 heavy (non-hydrogen) atoms. The molecule has 4 nitrogen and oxygen atoms in total. The van der Waals surface area contributed by atoms with Crippen molar-refractivity contribution >= 4 is 17.6 Å². The summed E-state index contributed by atoms with van der Waals surface area (Å²) in [5, 5.41) is 8.01. The zero-order valence-corrected chi connectivity index (χ0v) is 5.84. The van der Waals surface area contributed by atoms with Crippen LogP contribution in [0.3, 0.4) is 0 Å². The lowest BCUT2D eigenvalue weighted by molar-refractivity contribution is 0.0684. The molecule has 0 atom stereocenters. The van der Waals surface area contributed by atoms with Gasteiger partial charge in [-0.25, -0.2) is 19.2 Å². The maximum atomic E-state index is 12.5. The fraction of sp³-hybridized carbons (Fsp3) is 0. The number of nitrogens with zero attached hydrogens (tertiary/aromatic N) is 2. The largest absolute Gasteiger partial charge is 0.476 e. The lowest BCUT2D eigenvalue weighted by atomic mass is 10.4. The van der Waals surface area contributed by atoms with Gasteiger partial charge in [0.25, 0.3) is 0 Å². The van der Waals surface area contributed by atoms with Crippen LogP contribution in [0.5, 0.6) is 0 Å². The topological polar surface area (TPSA) is 63.1 Å². The number of rotatable bonds is 1. The summed E-state index contributed by atoms with van der Waals surface area (Å²) in [5.74, 6) is -2.46. The Labute approximate surface area is 65.7 Å². The summed E-state index contributed by atoms with van der Waals surface area (Å²) in [6.45, 7) is 0.